The van der Waals surface area contributed by atoms with Gasteiger partial charge in [-0.25, -0.2) is 9.78 Å². The number of piperidine rings is 1. The van der Waals surface area contributed by atoms with Gasteiger partial charge in [0.1, 0.15) is 10.6 Å². The number of amides is 1. The van der Waals surface area contributed by atoms with Crippen molar-refractivity contribution in [2.45, 2.75) is 24.9 Å². The van der Waals surface area contributed by atoms with Gasteiger partial charge in [-0.1, -0.05) is 0 Å². The van der Waals surface area contributed by atoms with Gasteiger partial charge < -0.3 is 20.1 Å². The molecule has 0 aliphatic carbocycles. The second kappa shape index (κ2) is 6.64. The Hall–Kier alpha value is -1.97. The summed E-state index contributed by atoms with van der Waals surface area (Å²) in [5, 5.41) is 14.7. The van der Waals surface area contributed by atoms with Crippen molar-refractivity contribution in [3.63, 3.8) is 0 Å². The Balaban J connectivity index is 1.52. The third-order valence-corrected chi connectivity index (χ3v) is 7.06. The molecule has 7 nitrogen and oxygen atoms in total. The first-order chi connectivity index (χ1) is 12.5. The number of nitrogens with one attached hydrogen (secondary N) is 1. The van der Waals surface area contributed by atoms with Crippen molar-refractivity contribution >= 4 is 39.7 Å². The number of thiazole rings is 1. The van der Waals surface area contributed by atoms with Crippen LogP contribution in [0.3, 0.4) is 0 Å². The summed E-state index contributed by atoms with van der Waals surface area (Å²) < 4.78 is 6.13. The summed E-state index contributed by atoms with van der Waals surface area (Å²) in [7, 11) is 1.78. The van der Waals surface area contributed by atoms with Crippen molar-refractivity contribution in [2.24, 2.45) is 0 Å². The van der Waals surface area contributed by atoms with E-state index in [2.05, 4.69) is 10.3 Å². The van der Waals surface area contributed by atoms with Crippen LogP contribution in [0.1, 0.15) is 43.4 Å². The van der Waals surface area contributed by atoms with E-state index < -0.39 is 11.6 Å². The number of nitrogens with zero attached hydrogens (tertiary/aromatic N) is 2. The zero-order valence-corrected chi connectivity index (χ0v) is 15.9. The van der Waals surface area contributed by atoms with E-state index >= 15 is 0 Å². The van der Waals surface area contributed by atoms with E-state index in [-0.39, 0.29) is 5.91 Å². The number of hydrogen-bond donors (Lipinski definition) is 2. The molecule has 9 heteroatoms. The lowest BCUT2D eigenvalue weighted by atomic mass is 9.82. The van der Waals surface area contributed by atoms with Crippen LogP contribution in [0.5, 0.6) is 0 Å². The highest BCUT2D eigenvalue weighted by Gasteiger charge is 2.43. The molecular formula is C17H19N3O4S2. The molecule has 26 heavy (non-hydrogen) atoms. The number of aromatic carboxylic acids is 1. The molecule has 1 fully saturated rings. The first-order valence-corrected chi connectivity index (χ1v) is 10.1. The van der Waals surface area contributed by atoms with Gasteiger partial charge in [0.2, 0.25) is 0 Å². The number of hydrogen-bond acceptors (Lipinski definition) is 7. The van der Waals surface area contributed by atoms with Crippen LogP contribution < -0.4 is 5.32 Å². The molecule has 0 atom stereocenters. The minimum Gasteiger partial charge on any atom is -0.477 e. The number of likely N-dealkylation sites (tertiary alicyclic amines) is 1. The van der Waals surface area contributed by atoms with Crippen molar-refractivity contribution in [3.8, 4) is 0 Å². The third-order valence-electron chi connectivity index (χ3n) is 5.01. The predicted molar refractivity (Wildman–Crippen MR) is 99.4 cm³/mol. The Bertz CT molecular complexity index is 852. The van der Waals surface area contributed by atoms with Crippen molar-refractivity contribution in [3.05, 3.63) is 32.5 Å². The molecule has 0 aromatic carbocycles. The molecule has 4 heterocycles. The van der Waals surface area contributed by atoms with Crippen LogP contribution in [-0.2, 0) is 16.8 Å². The maximum atomic E-state index is 12.7. The molecule has 138 valence electrons. The van der Waals surface area contributed by atoms with Crippen LogP contribution in [0.15, 0.2) is 11.4 Å². The number of carbonyl (C=O) groups is 2. The van der Waals surface area contributed by atoms with Crippen molar-refractivity contribution in [2.75, 3.05) is 32.1 Å². The molecule has 0 unspecified atom stereocenters. The van der Waals surface area contributed by atoms with Crippen molar-refractivity contribution in [1.29, 1.82) is 0 Å². The van der Waals surface area contributed by atoms with E-state index in [0.717, 1.165) is 22.0 Å². The topological polar surface area (TPSA) is 91.8 Å². The van der Waals surface area contributed by atoms with Gasteiger partial charge in [0.25, 0.3) is 5.91 Å². The maximum absolute atomic E-state index is 12.7. The molecule has 0 radical (unpaired) electrons. The molecule has 2 aliphatic rings. The normalized spacial score (nSPS) is 18.6. The van der Waals surface area contributed by atoms with Crippen LogP contribution in [0.2, 0.25) is 0 Å². The number of carbonyl (C=O) groups excluding carboxylic acids is 1. The molecule has 2 aliphatic heterocycles. The van der Waals surface area contributed by atoms with Crippen molar-refractivity contribution < 1.29 is 19.4 Å². The second-order valence-corrected chi connectivity index (χ2v) is 8.42. The number of aromatic nitrogens is 1. The zero-order valence-electron chi connectivity index (χ0n) is 14.3. The van der Waals surface area contributed by atoms with Crippen LogP contribution >= 0.6 is 22.7 Å². The lowest BCUT2D eigenvalue weighted by molar-refractivity contribution is -0.0926. The summed E-state index contributed by atoms with van der Waals surface area (Å²) >= 11 is 2.76. The first kappa shape index (κ1) is 17.4. The number of fused-ring (bicyclic) bond motifs is 2. The zero-order chi connectivity index (χ0) is 18.3. The summed E-state index contributed by atoms with van der Waals surface area (Å²) in [6.07, 6.45) is 2.10. The van der Waals surface area contributed by atoms with Gasteiger partial charge in [-0.3, -0.25) is 4.79 Å². The van der Waals surface area contributed by atoms with Gasteiger partial charge in [0.05, 0.1) is 12.2 Å². The highest BCUT2D eigenvalue weighted by Crippen LogP contribution is 2.44. The van der Waals surface area contributed by atoms with E-state index in [1.165, 1.54) is 22.7 Å². The summed E-state index contributed by atoms with van der Waals surface area (Å²) in [6.45, 7) is 1.74. The average Bonchev–Trinajstić information content (AvgIpc) is 3.30. The highest BCUT2D eigenvalue weighted by atomic mass is 32.1. The minimum atomic E-state index is -0.893. The largest absolute Gasteiger partial charge is 0.477 e. The van der Waals surface area contributed by atoms with Gasteiger partial charge in [-0.05, 0) is 24.5 Å². The minimum absolute atomic E-state index is 0.0647. The molecule has 1 saturated heterocycles. The summed E-state index contributed by atoms with van der Waals surface area (Å²) in [5.41, 5.74) is 1.00. The van der Waals surface area contributed by atoms with E-state index in [4.69, 9.17) is 4.74 Å². The maximum Gasteiger partial charge on any atom is 0.345 e. The number of anilines is 1. The Morgan fingerprint density at radius 1 is 1.38 bits per heavy atom. The first-order valence-electron chi connectivity index (χ1n) is 8.45. The SMILES string of the molecule is CNc1nc(C(=O)N2CCC3(CC2)OCCc2sc(C(=O)O)cc23)cs1. The number of ether oxygens (including phenoxy) is 1. The molecule has 2 aromatic heterocycles. The highest BCUT2D eigenvalue weighted by molar-refractivity contribution is 7.14. The fourth-order valence-corrected chi connectivity index (χ4v) is 5.37. The molecule has 1 spiro atoms. The van der Waals surface area contributed by atoms with Crippen molar-refractivity contribution in [1.82, 2.24) is 9.88 Å². The van der Waals surface area contributed by atoms with Gasteiger partial charge >= 0.3 is 5.97 Å². The smallest absolute Gasteiger partial charge is 0.345 e. The summed E-state index contributed by atoms with van der Waals surface area (Å²) in [4.78, 5) is 31.5. The molecule has 2 N–H and O–H groups in total. The van der Waals surface area contributed by atoms with Gasteiger partial charge in [0, 0.05) is 36.8 Å². The summed E-state index contributed by atoms with van der Waals surface area (Å²) in [5.74, 6) is -0.957. The molecule has 0 bridgehead atoms. The van der Waals surface area contributed by atoms with E-state index in [9.17, 15) is 14.7 Å². The van der Waals surface area contributed by atoms with Crippen LogP contribution in [0, 0.1) is 0 Å². The Labute approximate surface area is 158 Å². The monoisotopic (exact) mass is 393 g/mol. The second-order valence-electron chi connectivity index (χ2n) is 6.43. The number of carboxylic acid groups (broad SMARTS) is 1. The number of carboxylic acids is 1. The molecule has 0 saturated carbocycles. The molecule has 1 amide bonds. The van der Waals surface area contributed by atoms with Crippen LogP contribution in [-0.4, -0.2) is 53.6 Å². The summed E-state index contributed by atoms with van der Waals surface area (Å²) in [6, 6.07) is 1.76. The van der Waals surface area contributed by atoms with E-state index in [1.54, 1.807) is 18.5 Å². The van der Waals surface area contributed by atoms with Gasteiger partial charge in [0.15, 0.2) is 5.13 Å². The lowest BCUT2D eigenvalue weighted by Gasteiger charge is -2.43. The molecule has 2 aromatic rings. The fourth-order valence-electron chi connectivity index (χ4n) is 3.66. The molecule has 4 rings (SSSR count). The molecular weight excluding hydrogens is 374 g/mol. The Kier molecular flexibility index (Phi) is 4.45. The quantitative estimate of drug-likeness (QED) is 0.833. The number of rotatable bonds is 3. The Morgan fingerprint density at radius 3 is 2.81 bits per heavy atom. The van der Waals surface area contributed by atoms with Crippen LogP contribution in [0.25, 0.3) is 0 Å². The predicted octanol–water partition coefficient (Wildman–Crippen LogP) is 2.65. The van der Waals surface area contributed by atoms with Gasteiger partial charge in [-0.2, -0.15) is 0 Å². The average molecular weight is 393 g/mol. The fraction of sp³-hybridized carbons (Fsp3) is 0.471. The van der Waals surface area contributed by atoms with E-state index in [1.807, 2.05) is 4.90 Å². The third kappa shape index (κ3) is 2.89. The lowest BCUT2D eigenvalue weighted by Crippen LogP contribution is -2.48. The number of thiophene rings is 1. The van der Waals surface area contributed by atoms with E-state index in [0.29, 0.717) is 43.1 Å². The van der Waals surface area contributed by atoms with Gasteiger partial charge in [-0.15, -0.1) is 22.7 Å². The Morgan fingerprint density at radius 2 is 2.15 bits per heavy atom. The van der Waals surface area contributed by atoms with Crippen LogP contribution in [0.4, 0.5) is 5.13 Å². The standard InChI is InChI=1S/C17H19N3O4S2/c1-18-16-19-11(9-25-16)14(21)20-5-3-17(4-6-20)10-8-13(15(22)23)26-12(10)2-7-24-17/h8-9H,2-7H2,1H3,(H,18,19)(H,22,23).